The summed E-state index contributed by atoms with van der Waals surface area (Å²) in [6.07, 6.45) is 1.29. The molecule has 0 bridgehead atoms. The van der Waals surface area contributed by atoms with Crippen molar-refractivity contribution < 1.29 is 14.7 Å². The van der Waals surface area contributed by atoms with Crippen LogP contribution in [0.2, 0.25) is 0 Å². The summed E-state index contributed by atoms with van der Waals surface area (Å²) >= 11 is 2.37. The third-order valence-corrected chi connectivity index (χ3v) is 4.54. The molecule has 10 heteroatoms. The maximum atomic E-state index is 11.5. The lowest BCUT2D eigenvalue weighted by Crippen LogP contribution is -2.26. The number of benzene rings is 1. The van der Waals surface area contributed by atoms with E-state index >= 15 is 0 Å². The van der Waals surface area contributed by atoms with E-state index in [-0.39, 0.29) is 12.3 Å². The molecule has 1 saturated heterocycles. The summed E-state index contributed by atoms with van der Waals surface area (Å²) in [6.45, 7) is 0. The van der Waals surface area contributed by atoms with Crippen molar-refractivity contribution in [1.82, 2.24) is 14.9 Å². The molecule has 2 N–H and O–H groups in total. The molecule has 1 aliphatic rings. The van der Waals surface area contributed by atoms with Gasteiger partial charge in [-0.05, 0) is 29.2 Å². The minimum atomic E-state index is -1.03. The summed E-state index contributed by atoms with van der Waals surface area (Å²) in [5.41, 5.74) is 1.59. The van der Waals surface area contributed by atoms with Crippen molar-refractivity contribution in [2.45, 2.75) is 11.7 Å². The van der Waals surface area contributed by atoms with E-state index in [1.54, 1.807) is 0 Å². The molecule has 1 fully saturated rings. The second kappa shape index (κ2) is 6.20. The van der Waals surface area contributed by atoms with Gasteiger partial charge in [0.25, 0.3) is 0 Å². The second-order valence-electron chi connectivity index (χ2n) is 4.34. The Labute approximate surface area is 132 Å². The van der Waals surface area contributed by atoms with Crippen LogP contribution in [0.5, 0.6) is 0 Å². The van der Waals surface area contributed by atoms with Crippen molar-refractivity contribution >= 4 is 56.8 Å². The summed E-state index contributed by atoms with van der Waals surface area (Å²) < 4.78 is 4.83. The van der Waals surface area contributed by atoms with Crippen LogP contribution in [0, 0.1) is 0 Å². The van der Waals surface area contributed by atoms with Gasteiger partial charge in [0.15, 0.2) is 5.17 Å². The third kappa shape index (κ3) is 3.28. The number of carbonyl (C=O) groups excluding carboxylic acids is 1. The zero-order valence-electron chi connectivity index (χ0n) is 11.0. The van der Waals surface area contributed by atoms with Crippen LogP contribution in [0.1, 0.15) is 12.0 Å². The summed E-state index contributed by atoms with van der Waals surface area (Å²) in [4.78, 5) is 22.1. The quantitative estimate of drug-likeness (QED) is 0.638. The first-order valence-corrected chi connectivity index (χ1v) is 7.79. The molecule has 3 rings (SSSR count). The summed E-state index contributed by atoms with van der Waals surface area (Å²) in [7, 11) is 0. The Kier molecular flexibility index (Phi) is 4.11. The van der Waals surface area contributed by atoms with Gasteiger partial charge in [0.05, 0.1) is 17.3 Å². The molecule has 1 amide bonds. The number of nitrogens with one attached hydrogen (secondary N) is 1. The highest BCUT2D eigenvalue weighted by Gasteiger charge is 2.32. The Morgan fingerprint density at radius 1 is 1.50 bits per heavy atom. The second-order valence-corrected chi connectivity index (χ2v) is 6.32. The molecular formula is C12H9N5O3S2. The zero-order valence-corrected chi connectivity index (χ0v) is 12.6. The van der Waals surface area contributed by atoms with Crippen LogP contribution in [0.15, 0.2) is 28.4 Å². The number of amides is 1. The van der Waals surface area contributed by atoms with E-state index in [1.807, 2.05) is 18.2 Å². The lowest BCUT2D eigenvalue weighted by Gasteiger charge is -1.97. The monoisotopic (exact) mass is 335 g/mol. The van der Waals surface area contributed by atoms with E-state index in [4.69, 9.17) is 5.11 Å². The van der Waals surface area contributed by atoms with Crippen LogP contribution < -0.4 is 5.32 Å². The van der Waals surface area contributed by atoms with Crippen LogP contribution in [-0.4, -0.2) is 43.2 Å². The van der Waals surface area contributed by atoms with Crippen LogP contribution in [0.25, 0.3) is 10.2 Å². The van der Waals surface area contributed by atoms with Crippen molar-refractivity contribution in [3.05, 3.63) is 23.8 Å². The number of aromatic nitrogens is 2. The van der Waals surface area contributed by atoms with E-state index in [0.29, 0.717) is 5.17 Å². The third-order valence-electron chi connectivity index (χ3n) is 2.76. The zero-order chi connectivity index (χ0) is 15.5. The summed E-state index contributed by atoms with van der Waals surface area (Å²) in [5.74, 6) is -1.39. The molecule has 112 valence electrons. The Hall–Kier alpha value is -2.33. The SMILES string of the molecule is O=C(O)CC1SC(=NN=Cc2ccc3snnc3c2)NC1=O. The standard InChI is InChI=1S/C12H9N5O3S2/c18-10(19)4-9-11(20)14-12(21-9)16-13-5-6-1-2-8-7(3-6)15-17-22-8/h1-3,5,9H,4H2,(H,18,19)(H,14,16,20). The van der Waals surface area contributed by atoms with Gasteiger partial charge in [-0.25, -0.2) is 0 Å². The molecule has 1 aromatic carbocycles. The first-order valence-electron chi connectivity index (χ1n) is 6.14. The highest BCUT2D eigenvalue weighted by molar-refractivity contribution is 8.15. The van der Waals surface area contributed by atoms with Gasteiger partial charge in [-0.2, -0.15) is 5.10 Å². The lowest BCUT2D eigenvalue weighted by molar-refractivity contribution is -0.138. The number of carboxylic acid groups (broad SMARTS) is 1. The molecule has 1 aromatic heterocycles. The van der Waals surface area contributed by atoms with Crippen molar-refractivity contribution in [3.63, 3.8) is 0 Å². The van der Waals surface area contributed by atoms with Gasteiger partial charge in [0, 0.05) is 0 Å². The van der Waals surface area contributed by atoms with E-state index in [1.165, 1.54) is 17.7 Å². The van der Waals surface area contributed by atoms with Crippen molar-refractivity contribution in [1.29, 1.82) is 0 Å². The fraction of sp³-hybridized carbons (Fsp3) is 0.167. The van der Waals surface area contributed by atoms with E-state index in [2.05, 4.69) is 25.1 Å². The van der Waals surface area contributed by atoms with Crippen LogP contribution in [-0.2, 0) is 9.59 Å². The number of fused-ring (bicyclic) bond motifs is 1. The highest BCUT2D eigenvalue weighted by Crippen LogP contribution is 2.22. The smallest absolute Gasteiger partial charge is 0.305 e. The number of nitrogens with zero attached hydrogens (tertiary/aromatic N) is 4. The molecule has 0 radical (unpaired) electrons. The van der Waals surface area contributed by atoms with E-state index in [0.717, 1.165) is 27.5 Å². The van der Waals surface area contributed by atoms with E-state index < -0.39 is 11.2 Å². The van der Waals surface area contributed by atoms with Gasteiger partial charge in [-0.3, -0.25) is 9.59 Å². The number of aliphatic carboxylic acids is 1. The minimum Gasteiger partial charge on any atom is -0.481 e. The molecule has 2 aromatic rings. The Morgan fingerprint density at radius 3 is 3.18 bits per heavy atom. The first-order chi connectivity index (χ1) is 10.6. The Balaban J connectivity index is 1.68. The molecule has 22 heavy (non-hydrogen) atoms. The predicted octanol–water partition coefficient (Wildman–Crippen LogP) is 1.09. The number of amidine groups is 1. The van der Waals surface area contributed by atoms with Gasteiger partial charge in [-0.15, -0.1) is 10.2 Å². The lowest BCUT2D eigenvalue weighted by atomic mass is 10.2. The molecule has 2 heterocycles. The van der Waals surface area contributed by atoms with Crippen LogP contribution in [0.4, 0.5) is 0 Å². The molecule has 1 aliphatic heterocycles. The van der Waals surface area contributed by atoms with Crippen molar-refractivity contribution in [3.8, 4) is 0 Å². The average molecular weight is 335 g/mol. The van der Waals surface area contributed by atoms with Crippen molar-refractivity contribution in [2.75, 3.05) is 0 Å². The van der Waals surface area contributed by atoms with Gasteiger partial charge >= 0.3 is 5.97 Å². The van der Waals surface area contributed by atoms with Gasteiger partial charge in [0.1, 0.15) is 10.8 Å². The van der Waals surface area contributed by atoms with Crippen molar-refractivity contribution in [2.24, 2.45) is 10.2 Å². The van der Waals surface area contributed by atoms with E-state index in [9.17, 15) is 9.59 Å². The van der Waals surface area contributed by atoms with Gasteiger partial charge < -0.3 is 10.4 Å². The van der Waals surface area contributed by atoms with Crippen LogP contribution >= 0.6 is 23.3 Å². The topological polar surface area (TPSA) is 117 Å². The molecule has 0 spiro atoms. The number of hydrogen-bond donors (Lipinski definition) is 2. The molecule has 0 aliphatic carbocycles. The highest BCUT2D eigenvalue weighted by atomic mass is 32.2. The van der Waals surface area contributed by atoms with Gasteiger partial charge in [0.2, 0.25) is 5.91 Å². The molecular weight excluding hydrogens is 326 g/mol. The Morgan fingerprint density at radius 2 is 2.36 bits per heavy atom. The molecule has 0 saturated carbocycles. The average Bonchev–Trinajstić information content (AvgIpc) is 3.05. The predicted molar refractivity (Wildman–Crippen MR) is 84.2 cm³/mol. The fourth-order valence-electron chi connectivity index (χ4n) is 1.77. The summed E-state index contributed by atoms with van der Waals surface area (Å²) in [5, 5.41) is 22.6. The minimum absolute atomic E-state index is 0.243. The van der Waals surface area contributed by atoms with Crippen LogP contribution in [0.3, 0.4) is 0 Å². The maximum Gasteiger partial charge on any atom is 0.305 e. The molecule has 1 unspecified atom stereocenters. The number of thioether (sulfide) groups is 1. The number of carbonyl (C=O) groups is 2. The normalized spacial score (nSPS) is 20.1. The maximum absolute atomic E-state index is 11.5. The summed E-state index contributed by atoms with van der Waals surface area (Å²) in [6, 6.07) is 5.58. The first kappa shape index (κ1) is 14.6. The largest absolute Gasteiger partial charge is 0.481 e. The molecule has 1 atom stereocenters. The fourth-order valence-corrected chi connectivity index (χ4v) is 3.23. The Bertz CT molecular complexity index is 801. The van der Waals surface area contributed by atoms with Gasteiger partial charge in [-0.1, -0.05) is 22.3 Å². The number of rotatable bonds is 4. The number of carboxylic acids is 1. The number of hydrogen-bond acceptors (Lipinski definition) is 8. The molecule has 8 nitrogen and oxygen atoms in total.